The van der Waals surface area contributed by atoms with Crippen LogP contribution in [0.25, 0.3) is 0 Å². The second-order valence-electron chi connectivity index (χ2n) is 5.69. The van der Waals surface area contributed by atoms with Gasteiger partial charge in [-0.2, -0.15) is 0 Å². The standard InChI is InChI=1S/C13H23N3.HI/c14-13(16-7-3-1-2-4-8-16)15-12-9-11(12)10-5-6-10;/h10-12H,1-9H2,(H2,14,15);1H/t11-,12+;/m0./s1. The van der Waals surface area contributed by atoms with Crippen molar-refractivity contribution < 1.29 is 0 Å². The molecule has 98 valence electrons. The van der Waals surface area contributed by atoms with E-state index < -0.39 is 0 Å². The Morgan fingerprint density at radius 2 is 1.71 bits per heavy atom. The number of nitrogens with two attached hydrogens (primary N) is 1. The van der Waals surface area contributed by atoms with Crippen molar-refractivity contribution in [3.05, 3.63) is 0 Å². The Hall–Kier alpha value is 0. The molecule has 1 saturated heterocycles. The van der Waals surface area contributed by atoms with Crippen LogP contribution in [0.5, 0.6) is 0 Å². The highest BCUT2D eigenvalue weighted by Crippen LogP contribution is 2.51. The van der Waals surface area contributed by atoms with Crippen LogP contribution in [0.2, 0.25) is 0 Å². The summed E-state index contributed by atoms with van der Waals surface area (Å²) in [5, 5.41) is 0. The second-order valence-corrected chi connectivity index (χ2v) is 5.69. The van der Waals surface area contributed by atoms with Gasteiger partial charge in [0.25, 0.3) is 0 Å². The molecule has 0 aromatic carbocycles. The topological polar surface area (TPSA) is 41.6 Å². The van der Waals surface area contributed by atoms with Gasteiger partial charge in [-0.25, -0.2) is 4.99 Å². The fraction of sp³-hybridized carbons (Fsp3) is 0.923. The lowest BCUT2D eigenvalue weighted by atomic mass is 10.2. The van der Waals surface area contributed by atoms with Crippen LogP contribution in [0.3, 0.4) is 0 Å². The third kappa shape index (κ3) is 3.48. The van der Waals surface area contributed by atoms with Crippen molar-refractivity contribution in [2.24, 2.45) is 22.6 Å². The SMILES string of the molecule is I.NC(=N[C@@H]1C[C@H]1C1CC1)N1CCCCCC1. The van der Waals surface area contributed by atoms with Gasteiger partial charge in [0.1, 0.15) is 0 Å². The first-order valence-electron chi connectivity index (χ1n) is 6.93. The molecule has 0 spiro atoms. The van der Waals surface area contributed by atoms with Gasteiger partial charge in [-0.05, 0) is 43.9 Å². The quantitative estimate of drug-likeness (QED) is 0.473. The van der Waals surface area contributed by atoms with Gasteiger partial charge < -0.3 is 10.6 Å². The fourth-order valence-corrected chi connectivity index (χ4v) is 2.93. The molecule has 0 radical (unpaired) electrons. The number of hydrogen-bond acceptors (Lipinski definition) is 1. The number of halogens is 1. The molecule has 2 saturated carbocycles. The van der Waals surface area contributed by atoms with Crippen LogP contribution in [-0.4, -0.2) is 30.0 Å². The summed E-state index contributed by atoms with van der Waals surface area (Å²) in [5.74, 6) is 2.73. The second kappa shape index (κ2) is 5.76. The molecule has 2 atom stereocenters. The summed E-state index contributed by atoms with van der Waals surface area (Å²) in [6.45, 7) is 2.24. The molecular weight excluding hydrogens is 325 g/mol. The van der Waals surface area contributed by atoms with E-state index in [4.69, 9.17) is 10.7 Å². The number of hydrogen-bond donors (Lipinski definition) is 1. The molecule has 0 amide bonds. The van der Waals surface area contributed by atoms with Crippen LogP contribution in [0.1, 0.15) is 44.9 Å². The summed E-state index contributed by atoms with van der Waals surface area (Å²) < 4.78 is 0. The highest BCUT2D eigenvalue weighted by Gasteiger charge is 2.47. The van der Waals surface area contributed by atoms with Gasteiger partial charge in [0.2, 0.25) is 0 Å². The molecule has 3 nitrogen and oxygen atoms in total. The summed E-state index contributed by atoms with van der Waals surface area (Å²) >= 11 is 0. The monoisotopic (exact) mass is 349 g/mol. The minimum absolute atomic E-state index is 0. The summed E-state index contributed by atoms with van der Waals surface area (Å²) in [5.41, 5.74) is 6.12. The predicted octanol–water partition coefficient (Wildman–Crippen LogP) is 2.59. The zero-order valence-electron chi connectivity index (χ0n) is 10.5. The van der Waals surface area contributed by atoms with Gasteiger partial charge in [-0.15, -0.1) is 24.0 Å². The van der Waals surface area contributed by atoms with Crippen molar-refractivity contribution in [3.8, 4) is 0 Å². The van der Waals surface area contributed by atoms with Gasteiger partial charge in [-0.1, -0.05) is 12.8 Å². The van der Waals surface area contributed by atoms with E-state index in [0.717, 1.165) is 30.9 Å². The summed E-state index contributed by atoms with van der Waals surface area (Å²) in [4.78, 5) is 7.02. The molecule has 1 aliphatic heterocycles. The van der Waals surface area contributed by atoms with E-state index in [-0.39, 0.29) is 24.0 Å². The van der Waals surface area contributed by atoms with E-state index in [9.17, 15) is 0 Å². The summed E-state index contributed by atoms with van der Waals surface area (Å²) in [6.07, 6.45) is 9.48. The molecule has 2 aliphatic carbocycles. The van der Waals surface area contributed by atoms with Crippen LogP contribution >= 0.6 is 24.0 Å². The van der Waals surface area contributed by atoms with Crippen molar-refractivity contribution in [2.45, 2.75) is 51.0 Å². The molecule has 2 N–H and O–H groups in total. The predicted molar refractivity (Wildman–Crippen MR) is 81.7 cm³/mol. The normalized spacial score (nSPS) is 33.9. The maximum atomic E-state index is 6.12. The van der Waals surface area contributed by atoms with Gasteiger partial charge in [0.15, 0.2) is 5.96 Å². The average Bonchev–Trinajstić information content (AvgIpc) is 3.14. The molecular formula is C13H24IN3. The molecule has 3 rings (SSSR count). The Balaban J connectivity index is 0.00000108. The van der Waals surface area contributed by atoms with E-state index in [0.29, 0.717) is 6.04 Å². The van der Waals surface area contributed by atoms with E-state index in [1.54, 1.807) is 0 Å². The van der Waals surface area contributed by atoms with Gasteiger partial charge in [0, 0.05) is 13.1 Å². The summed E-state index contributed by atoms with van der Waals surface area (Å²) in [6, 6.07) is 0.579. The summed E-state index contributed by atoms with van der Waals surface area (Å²) in [7, 11) is 0. The van der Waals surface area contributed by atoms with Gasteiger partial charge in [0.05, 0.1) is 6.04 Å². The van der Waals surface area contributed by atoms with Crippen molar-refractivity contribution in [1.29, 1.82) is 0 Å². The number of rotatable bonds is 2. The lowest BCUT2D eigenvalue weighted by Crippen LogP contribution is -2.38. The molecule has 3 aliphatic rings. The van der Waals surface area contributed by atoms with Crippen molar-refractivity contribution >= 4 is 29.9 Å². The minimum atomic E-state index is 0. The molecule has 0 unspecified atom stereocenters. The smallest absolute Gasteiger partial charge is 0.191 e. The Morgan fingerprint density at radius 3 is 2.29 bits per heavy atom. The molecule has 1 heterocycles. The Labute approximate surface area is 121 Å². The van der Waals surface area contributed by atoms with Gasteiger partial charge >= 0.3 is 0 Å². The highest BCUT2D eigenvalue weighted by molar-refractivity contribution is 14.0. The van der Waals surface area contributed by atoms with E-state index in [1.807, 2.05) is 0 Å². The lowest BCUT2D eigenvalue weighted by molar-refractivity contribution is 0.427. The Morgan fingerprint density at radius 1 is 1.06 bits per heavy atom. The maximum Gasteiger partial charge on any atom is 0.191 e. The van der Waals surface area contributed by atoms with Gasteiger partial charge in [-0.3, -0.25) is 0 Å². The maximum absolute atomic E-state index is 6.12. The first kappa shape index (κ1) is 13.4. The van der Waals surface area contributed by atoms with E-state index in [2.05, 4.69) is 4.90 Å². The third-order valence-electron chi connectivity index (χ3n) is 4.26. The lowest BCUT2D eigenvalue weighted by Gasteiger charge is -2.21. The van der Waals surface area contributed by atoms with E-state index in [1.165, 1.54) is 44.9 Å². The first-order valence-corrected chi connectivity index (χ1v) is 6.93. The number of guanidine groups is 1. The first-order chi connectivity index (χ1) is 7.84. The highest BCUT2D eigenvalue weighted by atomic mass is 127. The minimum Gasteiger partial charge on any atom is -0.370 e. The fourth-order valence-electron chi connectivity index (χ4n) is 2.93. The zero-order valence-corrected chi connectivity index (χ0v) is 12.8. The zero-order chi connectivity index (χ0) is 11.0. The van der Waals surface area contributed by atoms with Crippen molar-refractivity contribution in [2.75, 3.05) is 13.1 Å². The molecule has 0 bridgehead atoms. The largest absolute Gasteiger partial charge is 0.370 e. The van der Waals surface area contributed by atoms with Crippen molar-refractivity contribution in [1.82, 2.24) is 4.90 Å². The number of aliphatic imine (C=N–C) groups is 1. The molecule has 0 aromatic heterocycles. The van der Waals surface area contributed by atoms with Crippen LogP contribution in [0, 0.1) is 11.8 Å². The molecule has 17 heavy (non-hydrogen) atoms. The molecule has 4 heteroatoms. The molecule has 3 fully saturated rings. The van der Waals surface area contributed by atoms with Crippen molar-refractivity contribution in [3.63, 3.8) is 0 Å². The van der Waals surface area contributed by atoms with Crippen LogP contribution in [-0.2, 0) is 0 Å². The Bertz CT molecular complexity index is 280. The molecule has 0 aromatic rings. The number of likely N-dealkylation sites (tertiary alicyclic amines) is 1. The Kier molecular flexibility index (Phi) is 4.55. The third-order valence-corrected chi connectivity index (χ3v) is 4.26. The number of nitrogens with zero attached hydrogens (tertiary/aromatic N) is 2. The van der Waals surface area contributed by atoms with E-state index >= 15 is 0 Å². The van der Waals surface area contributed by atoms with Crippen LogP contribution in [0.15, 0.2) is 4.99 Å². The van der Waals surface area contributed by atoms with Crippen LogP contribution < -0.4 is 5.73 Å². The average molecular weight is 349 g/mol. The van der Waals surface area contributed by atoms with Crippen LogP contribution in [0.4, 0.5) is 0 Å².